The Morgan fingerprint density at radius 1 is 1.33 bits per heavy atom. The predicted octanol–water partition coefficient (Wildman–Crippen LogP) is 3.52. The van der Waals surface area contributed by atoms with Crippen molar-refractivity contribution in [3.8, 4) is 0 Å². The van der Waals surface area contributed by atoms with Gasteiger partial charge in [-0.1, -0.05) is 29.8 Å². The molecule has 0 aliphatic heterocycles. The zero-order valence-corrected chi connectivity index (χ0v) is 12.0. The van der Waals surface area contributed by atoms with Crippen LogP contribution in [0.1, 0.15) is 37.0 Å². The Morgan fingerprint density at radius 3 is 2.56 bits per heavy atom. The van der Waals surface area contributed by atoms with Crippen molar-refractivity contribution in [1.29, 1.82) is 0 Å². The molecule has 1 rings (SSSR count). The van der Waals surface area contributed by atoms with Crippen LogP contribution in [-0.4, -0.2) is 17.0 Å². The lowest BCUT2D eigenvalue weighted by Gasteiger charge is -2.08. The van der Waals surface area contributed by atoms with Crippen LogP contribution in [0.15, 0.2) is 22.7 Å². The number of hydrogen-bond donors (Lipinski definition) is 2. The van der Waals surface area contributed by atoms with Crippen molar-refractivity contribution in [3.05, 3.63) is 28.2 Å². The van der Waals surface area contributed by atoms with E-state index in [1.165, 1.54) is 12.1 Å². The van der Waals surface area contributed by atoms with E-state index in [2.05, 4.69) is 35.1 Å². The van der Waals surface area contributed by atoms with Gasteiger partial charge in [0.25, 0.3) is 0 Å². The minimum Gasteiger partial charge on any atom is -0.478 e. The van der Waals surface area contributed by atoms with Crippen molar-refractivity contribution in [3.63, 3.8) is 0 Å². The molecule has 1 aromatic carbocycles. The van der Waals surface area contributed by atoms with Crippen molar-refractivity contribution < 1.29 is 14.7 Å². The van der Waals surface area contributed by atoms with Gasteiger partial charge >= 0.3 is 5.97 Å². The van der Waals surface area contributed by atoms with Gasteiger partial charge in [-0.2, -0.15) is 0 Å². The molecule has 0 fully saturated rings. The number of halogens is 1. The van der Waals surface area contributed by atoms with Crippen LogP contribution in [0.2, 0.25) is 0 Å². The van der Waals surface area contributed by atoms with Gasteiger partial charge in [-0.25, -0.2) is 4.79 Å². The third-order valence-corrected chi connectivity index (χ3v) is 2.84. The normalized spacial score (nSPS) is 10.4. The predicted molar refractivity (Wildman–Crippen MR) is 73.8 cm³/mol. The van der Waals surface area contributed by atoms with Crippen LogP contribution in [-0.2, 0) is 4.79 Å². The lowest BCUT2D eigenvalue weighted by molar-refractivity contribution is -0.116. The monoisotopic (exact) mass is 313 g/mol. The zero-order valence-electron chi connectivity index (χ0n) is 10.4. The molecule has 0 heterocycles. The molecule has 0 aliphatic carbocycles. The Morgan fingerprint density at radius 2 is 2.00 bits per heavy atom. The number of nitrogens with one attached hydrogen (secondary N) is 1. The summed E-state index contributed by atoms with van der Waals surface area (Å²) in [5.41, 5.74) is 0.638. The van der Waals surface area contributed by atoms with Crippen molar-refractivity contribution in [2.24, 2.45) is 5.92 Å². The molecular formula is C13H16BrNO3. The summed E-state index contributed by atoms with van der Waals surface area (Å²) in [7, 11) is 0. The molecule has 0 bridgehead atoms. The molecule has 18 heavy (non-hydrogen) atoms. The first-order valence-electron chi connectivity index (χ1n) is 5.72. The Hall–Kier alpha value is -1.36. The van der Waals surface area contributed by atoms with E-state index in [-0.39, 0.29) is 11.5 Å². The highest BCUT2D eigenvalue weighted by molar-refractivity contribution is 9.10. The molecule has 1 amide bonds. The average Bonchev–Trinajstić information content (AvgIpc) is 2.25. The van der Waals surface area contributed by atoms with E-state index < -0.39 is 5.97 Å². The zero-order chi connectivity index (χ0) is 13.7. The second-order valence-electron chi connectivity index (χ2n) is 4.51. The average molecular weight is 314 g/mol. The lowest BCUT2D eigenvalue weighted by Crippen LogP contribution is -2.12. The molecule has 0 spiro atoms. The Kier molecular flexibility index (Phi) is 5.34. The van der Waals surface area contributed by atoms with Gasteiger partial charge in [0.2, 0.25) is 5.91 Å². The molecule has 0 saturated heterocycles. The van der Waals surface area contributed by atoms with Gasteiger partial charge in [-0.3, -0.25) is 4.79 Å². The maximum absolute atomic E-state index is 11.6. The number of benzene rings is 1. The van der Waals surface area contributed by atoms with Gasteiger partial charge in [0.15, 0.2) is 0 Å². The second kappa shape index (κ2) is 6.54. The molecule has 2 N–H and O–H groups in total. The third-order valence-electron chi connectivity index (χ3n) is 2.38. The number of carbonyl (C=O) groups excluding carboxylic acids is 1. The highest BCUT2D eigenvalue weighted by atomic mass is 79.9. The Bertz CT molecular complexity index is 458. The van der Waals surface area contributed by atoms with Crippen LogP contribution in [0.4, 0.5) is 5.69 Å². The van der Waals surface area contributed by atoms with Gasteiger partial charge in [0.1, 0.15) is 0 Å². The number of carboxylic acid groups (broad SMARTS) is 1. The smallest absolute Gasteiger partial charge is 0.335 e. The second-order valence-corrected chi connectivity index (χ2v) is 5.43. The van der Waals surface area contributed by atoms with E-state index in [9.17, 15) is 9.59 Å². The lowest BCUT2D eigenvalue weighted by atomic mass is 10.1. The molecule has 4 nitrogen and oxygen atoms in total. The maximum Gasteiger partial charge on any atom is 0.335 e. The standard InChI is InChI=1S/C13H16BrNO3/c1-8(2)3-4-12(16)15-11-6-9(13(17)18)5-10(14)7-11/h5-8H,3-4H2,1-2H3,(H,15,16)(H,17,18). The molecule has 5 heteroatoms. The first kappa shape index (κ1) is 14.7. The summed E-state index contributed by atoms with van der Waals surface area (Å²) in [4.78, 5) is 22.5. The highest BCUT2D eigenvalue weighted by Crippen LogP contribution is 2.20. The van der Waals surface area contributed by atoms with E-state index in [1.807, 2.05) is 0 Å². The van der Waals surface area contributed by atoms with E-state index in [4.69, 9.17) is 5.11 Å². The number of hydrogen-bond acceptors (Lipinski definition) is 2. The minimum atomic E-state index is -1.02. The SMILES string of the molecule is CC(C)CCC(=O)Nc1cc(Br)cc(C(=O)O)c1. The van der Waals surface area contributed by atoms with E-state index in [1.54, 1.807) is 6.07 Å². The summed E-state index contributed by atoms with van der Waals surface area (Å²) in [6, 6.07) is 4.62. The largest absolute Gasteiger partial charge is 0.478 e. The number of carbonyl (C=O) groups is 2. The summed E-state index contributed by atoms with van der Waals surface area (Å²) >= 11 is 3.22. The van der Waals surface area contributed by atoms with Crippen LogP contribution >= 0.6 is 15.9 Å². The summed E-state index contributed by atoms with van der Waals surface area (Å²) in [5, 5.41) is 11.6. The van der Waals surface area contributed by atoms with Gasteiger partial charge in [0, 0.05) is 16.6 Å². The van der Waals surface area contributed by atoms with E-state index in [0.29, 0.717) is 22.5 Å². The number of amides is 1. The fraction of sp³-hybridized carbons (Fsp3) is 0.385. The quantitative estimate of drug-likeness (QED) is 0.874. The van der Waals surface area contributed by atoms with Gasteiger partial charge in [-0.15, -0.1) is 0 Å². The van der Waals surface area contributed by atoms with Crippen molar-refractivity contribution in [2.45, 2.75) is 26.7 Å². The van der Waals surface area contributed by atoms with Gasteiger partial charge < -0.3 is 10.4 Å². The topological polar surface area (TPSA) is 66.4 Å². The number of anilines is 1. The molecule has 0 atom stereocenters. The molecule has 0 saturated carbocycles. The fourth-order valence-electron chi connectivity index (χ4n) is 1.43. The summed E-state index contributed by atoms with van der Waals surface area (Å²) in [6.45, 7) is 4.10. The van der Waals surface area contributed by atoms with Crippen LogP contribution < -0.4 is 5.32 Å². The molecule has 98 valence electrons. The Balaban J connectivity index is 2.72. The van der Waals surface area contributed by atoms with Crippen LogP contribution in [0.5, 0.6) is 0 Å². The highest BCUT2D eigenvalue weighted by Gasteiger charge is 2.09. The molecule has 1 aromatic rings. The first-order chi connectivity index (χ1) is 8.38. The van der Waals surface area contributed by atoms with Crippen molar-refractivity contribution in [2.75, 3.05) is 5.32 Å². The minimum absolute atomic E-state index is 0.0989. The van der Waals surface area contributed by atoms with Crippen LogP contribution in [0, 0.1) is 5.92 Å². The van der Waals surface area contributed by atoms with Gasteiger partial charge in [0.05, 0.1) is 5.56 Å². The van der Waals surface area contributed by atoms with Crippen LogP contribution in [0.25, 0.3) is 0 Å². The molecule has 0 radical (unpaired) electrons. The summed E-state index contributed by atoms with van der Waals surface area (Å²) in [5.74, 6) is -0.653. The molecule has 0 aromatic heterocycles. The van der Waals surface area contributed by atoms with E-state index >= 15 is 0 Å². The molecular weight excluding hydrogens is 298 g/mol. The first-order valence-corrected chi connectivity index (χ1v) is 6.51. The van der Waals surface area contributed by atoms with Gasteiger partial charge in [-0.05, 0) is 30.5 Å². The summed E-state index contributed by atoms with van der Waals surface area (Å²) < 4.78 is 0.626. The van der Waals surface area contributed by atoms with E-state index in [0.717, 1.165) is 6.42 Å². The maximum atomic E-state index is 11.6. The van der Waals surface area contributed by atoms with Crippen LogP contribution in [0.3, 0.4) is 0 Å². The van der Waals surface area contributed by atoms with Crippen molar-refractivity contribution in [1.82, 2.24) is 0 Å². The third kappa shape index (κ3) is 4.87. The Labute approximate surface area is 115 Å². The van der Waals surface area contributed by atoms with Crippen molar-refractivity contribution >= 4 is 33.5 Å². The number of aromatic carboxylic acids is 1. The number of rotatable bonds is 5. The molecule has 0 unspecified atom stereocenters. The molecule has 0 aliphatic rings. The number of carboxylic acids is 1. The summed E-state index contributed by atoms with van der Waals surface area (Å²) in [6.07, 6.45) is 1.25. The fourth-order valence-corrected chi connectivity index (χ4v) is 1.92.